The highest BCUT2D eigenvalue weighted by atomic mass is 35.5. The zero-order chi connectivity index (χ0) is 24.4. The molecule has 0 spiro atoms. The summed E-state index contributed by atoms with van der Waals surface area (Å²) in [5, 5.41) is 4.95. The molecule has 1 aromatic heterocycles. The van der Waals surface area contributed by atoms with Crippen molar-refractivity contribution in [2.45, 2.75) is 70.7 Å². The van der Waals surface area contributed by atoms with E-state index in [-0.39, 0.29) is 5.91 Å². The Bertz CT molecular complexity index is 995. The molecular formula is C27H36ClN3OS. The Hall–Kier alpha value is -2.24. The van der Waals surface area contributed by atoms with Gasteiger partial charge in [0.15, 0.2) is 0 Å². The van der Waals surface area contributed by atoms with Crippen LogP contribution in [0.2, 0.25) is 0 Å². The Morgan fingerprint density at radius 2 is 1.85 bits per heavy atom. The van der Waals surface area contributed by atoms with Crippen molar-refractivity contribution in [3.8, 4) is 11.3 Å². The minimum absolute atomic E-state index is 0.333. The highest BCUT2D eigenvalue weighted by molar-refractivity contribution is 8.03. The first-order valence-corrected chi connectivity index (χ1v) is 13.0. The van der Waals surface area contributed by atoms with Gasteiger partial charge in [0.05, 0.1) is 10.9 Å². The lowest BCUT2D eigenvalue weighted by atomic mass is 10.0. The average Bonchev–Trinajstić information content (AvgIpc) is 3.60. The molecule has 0 unspecified atom stereocenters. The highest BCUT2D eigenvalue weighted by Crippen LogP contribution is 2.41. The highest BCUT2D eigenvalue weighted by Gasteiger charge is 2.26. The minimum Gasteiger partial charge on any atom is -0.370 e. The standard InChI is InChI=1S/C23H25ClN2S.C2H5NO.C2H6/c1-16(2)18-7-9-19(10-8-18)23-22(15-26(25-23)20-11-12-20)27-21-5-3-4-17(14-24)6-13-21;1-2(3)4;1-2/h3,5-10,13,15-16,20H,4,11-12,14H2,1-2H3;1H3,(H2,3,4);1-2H3. The normalized spacial score (nSPS) is 14.9. The first kappa shape index (κ1) is 27.0. The third-order valence-corrected chi connectivity index (χ3v) is 6.38. The molecule has 1 aromatic carbocycles. The summed E-state index contributed by atoms with van der Waals surface area (Å²) in [5.74, 6) is 0.799. The predicted molar refractivity (Wildman–Crippen MR) is 143 cm³/mol. The molecule has 2 aliphatic carbocycles. The summed E-state index contributed by atoms with van der Waals surface area (Å²) < 4.78 is 2.16. The van der Waals surface area contributed by atoms with Crippen LogP contribution in [0.3, 0.4) is 0 Å². The number of primary amides is 1. The van der Waals surface area contributed by atoms with E-state index >= 15 is 0 Å². The number of amides is 1. The number of benzene rings is 1. The molecule has 6 heteroatoms. The van der Waals surface area contributed by atoms with Gasteiger partial charge in [-0.15, -0.1) is 11.6 Å². The van der Waals surface area contributed by atoms with Crippen molar-refractivity contribution >= 4 is 29.3 Å². The van der Waals surface area contributed by atoms with Crippen molar-refractivity contribution in [2.24, 2.45) is 5.73 Å². The molecule has 0 saturated heterocycles. The van der Waals surface area contributed by atoms with E-state index in [2.05, 4.69) is 79.0 Å². The van der Waals surface area contributed by atoms with Gasteiger partial charge in [-0.25, -0.2) is 0 Å². The summed E-state index contributed by atoms with van der Waals surface area (Å²) in [7, 11) is 0. The van der Waals surface area contributed by atoms with Gasteiger partial charge in [0, 0.05) is 29.5 Å². The third-order valence-electron chi connectivity index (χ3n) is 5.02. The Morgan fingerprint density at radius 1 is 1.21 bits per heavy atom. The van der Waals surface area contributed by atoms with Crippen LogP contribution >= 0.6 is 23.4 Å². The molecular weight excluding hydrogens is 450 g/mol. The number of rotatable bonds is 6. The molecule has 178 valence electrons. The van der Waals surface area contributed by atoms with Gasteiger partial charge in [-0.1, -0.05) is 87.5 Å². The van der Waals surface area contributed by atoms with Crippen LogP contribution in [0.25, 0.3) is 11.3 Å². The van der Waals surface area contributed by atoms with E-state index in [1.54, 1.807) is 11.8 Å². The van der Waals surface area contributed by atoms with Gasteiger partial charge in [-0.2, -0.15) is 5.10 Å². The fourth-order valence-corrected chi connectivity index (χ4v) is 4.31. The van der Waals surface area contributed by atoms with Crippen molar-refractivity contribution in [3.05, 3.63) is 70.8 Å². The van der Waals surface area contributed by atoms with Gasteiger partial charge in [-0.3, -0.25) is 9.48 Å². The number of carbonyl (C=O) groups excluding carboxylic acids is 1. The topological polar surface area (TPSA) is 60.9 Å². The summed E-state index contributed by atoms with van der Waals surface area (Å²) in [6.07, 6.45) is 14.3. The molecule has 1 fully saturated rings. The van der Waals surface area contributed by atoms with Crippen molar-refractivity contribution < 1.29 is 4.79 Å². The number of hydrogen-bond donors (Lipinski definition) is 1. The lowest BCUT2D eigenvalue weighted by Crippen LogP contribution is -2.01. The number of nitrogens with two attached hydrogens (primary N) is 1. The number of allylic oxidation sites excluding steroid dienone is 5. The predicted octanol–water partition coefficient (Wildman–Crippen LogP) is 7.63. The molecule has 4 nitrogen and oxygen atoms in total. The smallest absolute Gasteiger partial charge is 0.214 e. The molecule has 0 radical (unpaired) electrons. The second-order valence-corrected chi connectivity index (χ2v) is 9.56. The molecule has 0 bridgehead atoms. The number of thioether (sulfide) groups is 1. The number of halogens is 1. The molecule has 1 saturated carbocycles. The Labute approximate surface area is 208 Å². The fraction of sp³-hybridized carbons (Fsp3) is 0.407. The van der Waals surface area contributed by atoms with Crippen molar-refractivity contribution in [2.75, 3.05) is 5.88 Å². The Kier molecular flexibility index (Phi) is 11.0. The average molecular weight is 486 g/mol. The fourth-order valence-electron chi connectivity index (χ4n) is 3.15. The van der Waals surface area contributed by atoms with Crippen molar-refractivity contribution in [1.29, 1.82) is 0 Å². The number of carbonyl (C=O) groups is 1. The lowest BCUT2D eigenvalue weighted by molar-refractivity contribution is -0.115. The molecule has 1 amide bonds. The molecule has 2 N–H and O–H groups in total. The molecule has 2 aliphatic rings. The van der Waals surface area contributed by atoms with E-state index in [0.717, 1.165) is 12.1 Å². The van der Waals surface area contributed by atoms with Gasteiger partial charge in [-0.05, 0) is 36.8 Å². The van der Waals surface area contributed by atoms with Crippen LogP contribution in [0.4, 0.5) is 0 Å². The summed E-state index contributed by atoms with van der Waals surface area (Å²) in [4.78, 5) is 11.7. The maximum Gasteiger partial charge on any atom is 0.214 e. The van der Waals surface area contributed by atoms with Crippen LogP contribution in [0.15, 0.2) is 70.1 Å². The van der Waals surface area contributed by atoms with Gasteiger partial charge in [0.2, 0.25) is 5.91 Å². The first-order chi connectivity index (χ1) is 15.9. The Balaban J connectivity index is 0.000000582. The number of alkyl halides is 1. The quantitative estimate of drug-likeness (QED) is 0.428. The molecule has 4 rings (SSSR count). The SMILES string of the molecule is CC.CC(C)c1ccc(-c2nn(C3CC3)cc2SC2=CC=C(CCl)CC=C2)cc1.CC(N)=O. The minimum atomic E-state index is -0.333. The number of aromatic nitrogens is 2. The summed E-state index contributed by atoms with van der Waals surface area (Å²) in [6.45, 7) is 9.76. The van der Waals surface area contributed by atoms with Crippen LogP contribution in [0.1, 0.15) is 71.4 Å². The number of hydrogen-bond acceptors (Lipinski definition) is 3. The molecule has 0 atom stereocenters. The summed E-state index contributed by atoms with van der Waals surface area (Å²) in [6, 6.07) is 9.45. The van der Waals surface area contributed by atoms with Gasteiger partial charge >= 0.3 is 0 Å². The van der Waals surface area contributed by atoms with Crippen LogP contribution < -0.4 is 5.73 Å². The van der Waals surface area contributed by atoms with E-state index in [0.29, 0.717) is 17.8 Å². The summed E-state index contributed by atoms with van der Waals surface area (Å²) >= 11 is 7.79. The van der Waals surface area contributed by atoms with E-state index < -0.39 is 0 Å². The second-order valence-electron chi connectivity index (χ2n) is 8.18. The molecule has 0 aliphatic heterocycles. The van der Waals surface area contributed by atoms with Crippen molar-refractivity contribution in [1.82, 2.24) is 9.78 Å². The van der Waals surface area contributed by atoms with E-state index in [9.17, 15) is 4.79 Å². The van der Waals surface area contributed by atoms with E-state index in [4.69, 9.17) is 16.7 Å². The zero-order valence-corrected chi connectivity index (χ0v) is 21.9. The van der Waals surface area contributed by atoms with Gasteiger partial charge in [0.25, 0.3) is 0 Å². The van der Waals surface area contributed by atoms with Crippen molar-refractivity contribution in [3.63, 3.8) is 0 Å². The maximum atomic E-state index is 9.22. The van der Waals surface area contributed by atoms with E-state index in [1.807, 2.05) is 13.8 Å². The zero-order valence-electron chi connectivity index (χ0n) is 20.3. The summed E-state index contributed by atoms with van der Waals surface area (Å²) in [5.41, 5.74) is 9.36. The third kappa shape index (κ3) is 8.56. The monoisotopic (exact) mass is 485 g/mol. The lowest BCUT2D eigenvalue weighted by Gasteiger charge is -2.07. The first-order valence-electron chi connectivity index (χ1n) is 11.6. The van der Waals surface area contributed by atoms with Crippen LogP contribution in [-0.2, 0) is 4.79 Å². The largest absolute Gasteiger partial charge is 0.370 e. The molecule has 2 aromatic rings. The maximum absolute atomic E-state index is 9.22. The number of nitrogens with zero attached hydrogens (tertiary/aromatic N) is 2. The van der Waals surface area contributed by atoms with Gasteiger partial charge < -0.3 is 5.73 Å². The Morgan fingerprint density at radius 3 is 2.39 bits per heavy atom. The van der Waals surface area contributed by atoms with Gasteiger partial charge in [0.1, 0.15) is 5.69 Å². The second kappa shape index (κ2) is 13.5. The molecule has 33 heavy (non-hydrogen) atoms. The van der Waals surface area contributed by atoms with E-state index in [1.165, 1.54) is 46.3 Å². The van der Waals surface area contributed by atoms with Crippen LogP contribution in [-0.4, -0.2) is 21.6 Å². The van der Waals surface area contributed by atoms with Crippen LogP contribution in [0, 0.1) is 0 Å². The van der Waals surface area contributed by atoms with Crippen LogP contribution in [0.5, 0.6) is 0 Å². The molecule has 1 heterocycles.